The van der Waals surface area contributed by atoms with Crippen molar-refractivity contribution in [2.75, 3.05) is 19.7 Å². The van der Waals surface area contributed by atoms with Crippen molar-refractivity contribution in [3.05, 3.63) is 0 Å². The molecule has 2 aliphatic rings. The minimum Gasteiger partial charge on any atom is -0.395 e. The van der Waals surface area contributed by atoms with Crippen LogP contribution in [0.5, 0.6) is 0 Å². The Morgan fingerprint density at radius 2 is 1.80 bits per heavy atom. The molecule has 2 nitrogen and oxygen atoms in total. The Bertz CT molecular complexity index is 177. The van der Waals surface area contributed by atoms with Crippen LogP contribution in [0.2, 0.25) is 0 Å². The molecule has 2 rings (SSSR count). The average molecular weight is 211 g/mol. The molecule has 1 saturated carbocycles. The Balaban J connectivity index is 1.67. The molecule has 88 valence electrons. The molecule has 1 saturated heterocycles. The number of aliphatic hydroxyl groups excluding tert-OH is 1. The molecule has 0 unspecified atom stereocenters. The zero-order valence-corrected chi connectivity index (χ0v) is 9.83. The quantitative estimate of drug-likeness (QED) is 0.772. The fraction of sp³-hybridized carbons (Fsp3) is 1.00. The molecule has 0 aromatic rings. The summed E-state index contributed by atoms with van der Waals surface area (Å²) in [6.07, 6.45) is 11.1. The predicted molar refractivity (Wildman–Crippen MR) is 62.9 cm³/mol. The third-order valence-electron chi connectivity index (χ3n) is 4.26. The van der Waals surface area contributed by atoms with E-state index in [0.717, 1.165) is 5.92 Å². The Hall–Kier alpha value is -0.0800. The van der Waals surface area contributed by atoms with E-state index in [1.165, 1.54) is 64.5 Å². The molecule has 1 N–H and O–H groups in total. The van der Waals surface area contributed by atoms with Gasteiger partial charge in [0.25, 0.3) is 0 Å². The van der Waals surface area contributed by atoms with Crippen molar-refractivity contribution in [3.63, 3.8) is 0 Å². The first-order valence-electron chi connectivity index (χ1n) is 6.75. The number of rotatable bonds is 4. The lowest BCUT2D eigenvalue weighted by Crippen LogP contribution is -2.34. The van der Waals surface area contributed by atoms with Gasteiger partial charge in [-0.1, -0.05) is 32.1 Å². The van der Waals surface area contributed by atoms with Crippen LogP contribution < -0.4 is 0 Å². The van der Waals surface area contributed by atoms with Gasteiger partial charge in [0.1, 0.15) is 0 Å². The second-order valence-corrected chi connectivity index (χ2v) is 5.31. The SMILES string of the molecule is OC[C@@H]1CCCN1CCC1CCCCC1. The zero-order valence-electron chi connectivity index (χ0n) is 9.83. The summed E-state index contributed by atoms with van der Waals surface area (Å²) in [5.41, 5.74) is 0. The van der Waals surface area contributed by atoms with Crippen LogP contribution in [0, 0.1) is 5.92 Å². The fourth-order valence-corrected chi connectivity index (χ4v) is 3.22. The molecular formula is C13H25NO. The molecule has 0 bridgehead atoms. The highest BCUT2D eigenvalue weighted by atomic mass is 16.3. The number of nitrogens with zero attached hydrogens (tertiary/aromatic N) is 1. The van der Waals surface area contributed by atoms with E-state index in [-0.39, 0.29) is 0 Å². The van der Waals surface area contributed by atoms with Crippen LogP contribution in [-0.4, -0.2) is 35.7 Å². The Morgan fingerprint density at radius 3 is 2.53 bits per heavy atom. The maximum absolute atomic E-state index is 9.23. The third kappa shape index (κ3) is 3.18. The van der Waals surface area contributed by atoms with E-state index < -0.39 is 0 Å². The smallest absolute Gasteiger partial charge is 0.0586 e. The van der Waals surface area contributed by atoms with Crippen molar-refractivity contribution in [2.45, 2.75) is 57.4 Å². The number of hydrogen-bond donors (Lipinski definition) is 1. The lowest BCUT2D eigenvalue weighted by Gasteiger charge is -2.27. The van der Waals surface area contributed by atoms with Gasteiger partial charge in [-0.2, -0.15) is 0 Å². The van der Waals surface area contributed by atoms with Crippen molar-refractivity contribution in [1.82, 2.24) is 4.90 Å². The minimum absolute atomic E-state index is 0.366. The maximum Gasteiger partial charge on any atom is 0.0586 e. The molecule has 1 atom stereocenters. The Labute approximate surface area is 93.7 Å². The standard InChI is InChI=1S/C13H25NO/c15-11-13-7-4-9-14(13)10-8-12-5-2-1-3-6-12/h12-13,15H,1-11H2/t13-/m0/s1. The summed E-state index contributed by atoms with van der Waals surface area (Å²) in [7, 11) is 0. The van der Waals surface area contributed by atoms with E-state index in [1.807, 2.05) is 0 Å². The lowest BCUT2D eigenvalue weighted by molar-refractivity contribution is 0.148. The topological polar surface area (TPSA) is 23.5 Å². The van der Waals surface area contributed by atoms with E-state index in [9.17, 15) is 5.11 Å². The van der Waals surface area contributed by atoms with E-state index in [1.54, 1.807) is 0 Å². The van der Waals surface area contributed by atoms with E-state index in [2.05, 4.69) is 4.90 Å². The van der Waals surface area contributed by atoms with Gasteiger partial charge in [-0.3, -0.25) is 4.90 Å². The highest BCUT2D eigenvalue weighted by Gasteiger charge is 2.24. The second-order valence-electron chi connectivity index (χ2n) is 5.31. The van der Waals surface area contributed by atoms with Crippen LogP contribution in [0.15, 0.2) is 0 Å². The van der Waals surface area contributed by atoms with Crippen LogP contribution in [0.25, 0.3) is 0 Å². The van der Waals surface area contributed by atoms with Gasteiger partial charge in [0.15, 0.2) is 0 Å². The molecule has 2 fully saturated rings. The largest absolute Gasteiger partial charge is 0.395 e. The summed E-state index contributed by atoms with van der Waals surface area (Å²) in [5.74, 6) is 0.985. The highest BCUT2D eigenvalue weighted by molar-refractivity contribution is 4.79. The van der Waals surface area contributed by atoms with Crippen LogP contribution in [-0.2, 0) is 0 Å². The summed E-state index contributed by atoms with van der Waals surface area (Å²) in [4.78, 5) is 2.51. The molecule has 15 heavy (non-hydrogen) atoms. The molecule has 1 aliphatic carbocycles. The molecule has 0 aromatic carbocycles. The van der Waals surface area contributed by atoms with Crippen LogP contribution in [0.3, 0.4) is 0 Å². The molecule has 0 radical (unpaired) electrons. The highest BCUT2D eigenvalue weighted by Crippen LogP contribution is 2.27. The van der Waals surface area contributed by atoms with Gasteiger partial charge >= 0.3 is 0 Å². The average Bonchev–Trinajstić information content (AvgIpc) is 2.75. The molecule has 0 amide bonds. The van der Waals surface area contributed by atoms with Gasteiger partial charge < -0.3 is 5.11 Å². The van der Waals surface area contributed by atoms with Crippen molar-refractivity contribution in [2.24, 2.45) is 5.92 Å². The molecule has 0 aromatic heterocycles. The Kier molecular flexibility index (Phi) is 4.45. The first-order valence-corrected chi connectivity index (χ1v) is 6.75. The first kappa shape index (κ1) is 11.4. The zero-order chi connectivity index (χ0) is 10.5. The molecule has 1 aliphatic heterocycles. The normalized spacial score (nSPS) is 29.8. The lowest BCUT2D eigenvalue weighted by atomic mass is 9.87. The molecule has 1 heterocycles. The van der Waals surface area contributed by atoms with Crippen LogP contribution >= 0.6 is 0 Å². The van der Waals surface area contributed by atoms with Crippen molar-refractivity contribution >= 4 is 0 Å². The Morgan fingerprint density at radius 1 is 1.00 bits per heavy atom. The number of aliphatic hydroxyl groups is 1. The van der Waals surface area contributed by atoms with Gasteiger partial charge in [-0.25, -0.2) is 0 Å². The van der Waals surface area contributed by atoms with Gasteiger partial charge in [0.2, 0.25) is 0 Å². The summed E-state index contributed by atoms with van der Waals surface area (Å²) in [5, 5.41) is 9.23. The van der Waals surface area contributed by atoms with Gasteiger partial charge in [-0.05, 0) is 38.3 Å². The van der Waals surface area contributed by atoms with E-state index in [4.69, 9.17) is 0 Å². The monoisotopic (exact) mass is 211 g/mol. The first-order chi connectivity index (χ1) is 7.40. The maximum atomic E-state index is 9.23. The van der Waals surface area contributed by atoms with Gasteiger partial charge in [0.05, 0.1) is 6.61 Å². The molecular weight excluding hydrogens is 186 g/mol. The minimum atomic E-state index is 0.366. The van der Waals surface area contributed by atoms with Crippen molar-refractivity contribution in [3.8, 4) is 0 Å². The summed E-state index contributed by atoms with van der Waals surface area (Å²) in [6.45, 7) is 2.82. The predicted octanol–water partition coefficient (Wildman–Crippen LogP) is 2.41. The third-order valence-corrected chi connectivity index (χ3v) is 4.26. The van der Waals surface area contributed by atoms with Crippen molar-refractivity contribution < 1.29 is 5.11 Å². The van der Waals surface area contributed by atoms with Crippen molar-refractivity contribution in [1.29, 1.82) is 0 Å². The summed E-state index contributed by atoms with van der Waals surface area (Å²) < 4.78 is 0. The van der Waals surface area contributed by atoms with E-state index in [0.29, 0.717) is 12.6 Å². The fourth-order valence-electron chi connectivity index (χ4n) is 3.22. The molecule has 2 heteroatoms. The van der Waals surface area contributed by atoms with Gasteiger partial charge in [0, 0.05) is 6.04 Å². The summed E-state index contributed by atoms with van der Waals surface area (Å²) in [6, 6.07) is 0.480. The number of hydrogen-bond acceptors (Lipinski definition) is 2. The second kappa shape index (κ2) is 5.86. The van der Waals surface area contributed by atoms with E-state index >= 15 is 0 Å². The van der Waals surface area contributed by atoms with Gasteiger partial charge in [-0.15, -0.1) is 0 Å². The van der Waals surface area contributed by atoms with Crippen LogP contribution in [0.1, 0.15) is 51.4 Å². The summed E-state index contributed by atoms with van der Waals surface area (Å²) >= 11 is 0. The number of likely N-dealkylation sites (tertiary alicyclic amines) is 1. The van der Waals surface area contributed by atoms with Crippen LogP contribution in [0.4, 0.5) is 0 Å². The molecule has 0 spiro atoms.